The average Bonchev–Trinajstić information content (AvgIpc) is 2.31. The Morgan fingerprint density at radius 2 is 2.10 bits per heavy atom. The number of amides is 1. The number of ether oxygens (including phenoxy) is 1. The molecule has 0 aromatic carbocycles. The van der Waals surface area contributed by atoms with Gasteiger partial charge in [0.1, 0.15) is 11.5 Å². The van der Waals surface area contributed by atoms with Gasteiger partial charge in [0, 0.05) is 13.2 Å². The van der Waals surface area contributed by atoms with E-state index in [2.05, 4.69) is 10.3 Å². The maximum absolute atomic E-state index is 12.6. The number of carbonyl (C=O) groups is 1. The van der Waals surface area contributed by atoms with Gasteiger partial charge in [0.15, 0.2) is 0 Å². The molecule has 20 heavy (non-hydrogen) atoms. The van der Waals surface area contributed by atoms with Crippen LogP contribution < -0.4 is 11.1 Å². The van der Waals surface area contributed by atoms with Gasteiger partial charge in [-0.2, -0.15) is 13.2 Å². The molecule has 3 N–H and O–H groups in total. The van der Waals surface area contributed by atoms with Gasteiger partial charge < -0.3 is 15.8 Å². The minimum absolute atomic E-state index is 0.0566. The quantitative estimate of drug-likeness (QED) is 0.886. The molecule has 1 heterocycles. The predicted octanol–water partition coefficient (Wildman–Crippen LogP) is 1.79. The smallest absolute Gasteiger partial charge is 0.381 e. The lowest BCUT2D eigenvalue weighted by molar-refractivity contribution is -0.141. The van der Waals surface area contributed by atoms with E-state index in [1.165, 1.54) is 0 Å². The summed E-state index contributed by atoms with van der Waals surface area (Å²) in [5.74, 6) is -0.955. The van der Waals surface area contributed by atoms with Crippen molar-refractivity contribution in [2.24, 2.45) is 5.73 Å². The SMILES string of the molecule is COC1CC(Nc2nc(C(F)(F)F)ccc2C(N)=O)C1. The van der Waals surface area contributed by atoms with Crippen molar-refractivity contribution in [3.8, 4) is 0 Å². The molecular formula is C12H14F3N3O2. The van der Waals surface area contributed by atoms with Crippen LogP contribution in [0.3, 0.4) is 0 Å². The predicted molar refractivity (Wildman–Crippen MR) is 65.2 cm³/mol. The van der Waals surface area contributed by atoms with E-state index in [0.717, 1.165) is 12.1 Å². The summed E-state index contributed by atoms with van der Waals surface area (Å²) in [7, 11) is 1.57. The number of anilines is 1. The van der Waals surface area contributed by atoms with E-state index in [9.17, 15) is 18.0 Å². The Bertz CT molecular complexity index is 513. The molecule has 1 amide bonds. The second-order valence-corrected chi connectivity index (χ2v) is 4.63. The Labute approximate surface area is 113 Å². The van der Waals surface area contributed by atoms with Gasteiger partial charge in [-0.1, -0.05) is 0 Å². The number of hydrogen-bond acceptors (Lipinski definition) is 4. The van der Waals surface area contributed by atoms with Crippen LogP contribution in [0.15, 0.2) is 12.1 Å². The van der Waals surface area contributed by atoms with Crippen LogP contribution >= 0.6 is 0 Å². The van der Waals surface area contributed by atoms with Crippen LogP contribution in [0.2, 0.25) is 0 Å². The summed E-state index contributed by atoms with van der Waals surface area (Å²) in [5.41, 5.74) is 4.02. The molecule has 8 heteroatoms. The minimum Gasteiger partial charge on any atom is -0.381 e. The zero-order chi connectivity index (χ0) is 14.9. The highest BCUT2D eigenvalue weighted by molar-refractivity contribution is 5.97. The summed E-state index contributed by atoms with van der Waals surface area (Å²) >= 11 is 0. The molecule has 1 saturated carbocycles. The second-order valence-electron chi connectivity index (χ2n) is 4.63. The maximum atomic E-state index is 12.6. The number of hydrogen-bond donors (Lipinski definition) is 2. The number of methoxy groups -OCH3 is 1. The molecule has 0 spiro atoms. The number of alkyl halides is 3. The first-order valence-corrected chi connectivity index (χ1v) is 5.98. The van der Waals surface area contributed by atoms with Crippen molar-refractivity contribution in [1.29, 1.82) is 0 Å². The topological polar surface area (TPSA) is 77.2 Å². The van der Waals surface area contributed by atoms with Crippen LogP contribution in [0.1, 0.15) is 28.9 Å². The monoisotopic (exact) mass is 289 g/mol. The van der Waals surface area contributed by atoms with Gasteiger partial charge >= 0.3 is 6.18 Å². The van der Waals surface area contributed by atoms with Crippen molar-refractivity contribution < 1.29 is 22.7 Å². The molecular weight excluding hydrogens is 275 g/mol. The van der Waals surface area contributed by atoms with Crippen molar-refractivity contribution in [2.45, 2.75) is 31.2 Å². The number of nitrogens with zero attached hydrogens (tertiary/aromatic N) is 1. The van der Waals surface area contributed by atoms with E-state index in [-0.39, 0.29) is 23.5 Å². The maximum Gasteiger partial charge on any atom is 0.433 e. The lowest BCUT2D eigenvalue weighted by atomic mass is 9.89. The summed E-state index contributed by atoms with van der Waals surface area (Å²) in [4.78, 5) is 14.7. The van der Waals surface area contributed by atoms with Crippen LogP contribution in [0.25, 0.3) is 0 Å². The van der Waals surface area contributed by atoms with E-state index in [1.807, 2.05) is 0 Å². The van der Waals surface area contributed by atoms with Crippen LogP contribution in [-0.2, 0) is 10.9 Å². The number of primary amides is 1. The van der Waals surface area contributed by atoms with E-state index in [0.29, 0.717) is 12.8 Å². The highest BCUT2D eigenvalue weighted by atomic mass is 19.4. The molecule has 1 aliphatic carbocycles. The molecule has 110 valence electrons. The first kappa shape index (κ1) is 14.6. The lowest BCUT2D eigenvalue weighted by Gasteiger charge is -2.35. The van der Waals surface area contributed by atoms with Crippen molar-refractivity contribution in [1.82, 2.24) is 4.98 Å². The van der Waals surface area contributed by atoms with Gasteiger partial charge in [-0.05, 0) is 25.0 Å². The summed E-state index contributed by atoms with van der Waals surface area (Å²) < 4.78 is 43.0. The largest absolute Gasteiger partial charge is 0.433 e. The molecule has 5 nitrogen and oxygen atoms in total. The van der Waals surface area contributed by atoms with Crippen LogP contribution in [0.5, 0.6) is 0 Å². The molecule has 2 rings (SSSR count). The number of carbonyl (C=O) groups excluding carboxylic acids is 1. The Balaban J connectivity index is 2.22. The number of nitrogens with one attached hydrogen (secondary N) is 1. The number of halogens is 3. The van der Waals surface area contributed by atoms with E-state index in [1.54, 1.807) is 7.11 Å². The van der Waals surface area contributed by atoms with Crippen LogP contribution in [-0.4, -0.2) is 30.1 Å². The molecule has 1 aromatic heterocycles. The first-order valence-electron chi connectivity index (χ1n) is 5.98. The summed E-state index contributed by atoms with van der Waals surface area (Å²) in [5, 5.41) is 2.81. The summed E-state index contributed by atoms with van der Waals surface area (Å²) in [6.07, 6.45) is -3.20. The molecule has 1 aliphatic rings. The lowest BCUT2D eigenvalue weighted by Crippen LogP contribution is -2.41. The minimum atomic E-state index is -4.57. The summed E-state index contributed by atoms with van der Waals surface area (Å²) in [6, 6.07) is 1.70. The Morgan fingerprint density at radius 3 is 2.60 bits per heavy atom. The van der Waals surface area contributed by atoms with Crippen molar-refractivity contribution >= 4 is 11.7 Å². The van der Waals surface area contributed by atoms with Crippen molar-refractivity contribution in [2.75, 3.05) is 12.4 Å². The molecule has 1 fully saturated rings. The van der Waals surface area contributed by atoms with Crippen LogP contribution in [0.4, 0.5) is 19.0 Å². The van der Waals surface area contributed by atoms with Gasteiger partial charge in [0.05, 0.1) is 11.7 Å². The normalized spacial score (nSPS) is 22.2. The van der Waals surface area contributed by atoms with E-state index in [4.69, 9.17) is 10.5 Å². The first-order chi connectivity index (χ1) is 9.31. The zero-order valence-electron chi connectivity index (χ0n) is 10.7. The average molecular weight is 289 g/mol. The third-order valence-electron chi connectivity index (χ3n) is 3.22. The molecule has 0 aliphatic heterocycles. The Kier molecular flexibility index (Phi) is 3.85. The Hall–Kier alpha value is -1.83. The zero-order valence-corrected chi connectivity index (χ0v) is 10.7. The van der Waals surface area contributed by atoms with Crippen molar-refractivity contribution in [3.63, 3.8) is 0 Å². The van der Waals surface area contributed by atoms with Gasteiger partial charge in [-0.3, -0.25) is 4.79 Å². The van der Waals surface area contributed by atoms with Gasteiger partial charge in [-0.25, -0.2) is 4.98 Å². The molecule has 0 unspecified atom stereocenters. The number of nitrogens with two attached hydrogens (primary N) is 1. The highest BCUT2D eigenvalue weighted by Crippen LogP contribution is 2.31. The standard InChI is InChI=1S/C12H14F3N3O2/c1-20-7-4-6(5-7)17-11-8(10(16)19)2-3-9(18-11)12(13,14)15/h2-3,6-7H,4-5H2,1H3,(H2,16,19)(H,17,18). The second kappa shape index (κ2) is 5.28. The molecule has 0 radical (unpaired) electrons. The molecule has 1 aromatic rings. The molecule has 0 atom stereocenters. The summed E-state index contributed by atoms with van der Waals surface area (Å²) in [6.45, 7) is 0. The van der Waals surface area contributed by atoms with Crippen LogP contribution in [0, 0.1) is 0 Å². The molecule has 0 saturated heterocycles. The third kappa shape index (κ3) is 3.01. The van der Waals surface area contributed by atoms with E-state index >= 15 is 0 Å². The fraction of sp³-hybridized carbons (Fsp3) is 0.500. The van der Waals surface area contributed by atoms with E-state index < -0.39 is 17.8 Å². The fourth-order valence-corrected chi connectivity index (χ4v) is 2.00. The highest BCUT2D eigenvalue weighted by Gasteiger charge is 2.35. The van der Waals surface area contributed by atoms with Crippen molar-refractivity contribution in [3.05, 3.63) is 23.4 Å². The number of pyridine rings is 1. The number of aromatic nitrogens is 1. The number of rotatable bonds is 4. The molecule has 0 bridgehead atoms. The van der Waals surface area contributed by atoms with Gasteiger partial charge in [0.2, 0.25) is 0 Å². The fourth-order valence-electron chi connectivity index (χ4n) is 2.00. The Morgan fingerprint density at radius 1 is 1.45 bits per heavy atom. The third-order valence-corrected chi connectivity index (χ3v) is 3.22. The van der Waals surface area contributed by atoms with Gasteiger partial charge in [0.25, 0.3) is 5.91 Å². The van der Waals surface area contributed by atoms with Gasteiger partial charge in [-0.15, -0.1) is 0 Å².